The third-order valence-electron chi connectivity index (χ3n) is 2.64. The average Bonchev–Trinajstić information content (AvgIpc) is 2.22. The Morgan fingerprint density at radius 3 is 2.38 bits per heavy atom. The van der Waals surface area contributed by atoms with Gasteiger partial charge in [0.15, 0.2) is 5.75 Å². The van der Waals surface area contributed by atoms with Crippen molar-refractivity contribution in [3.05, 3.63) is 28.2 Å². The van der Waals surface area contributed by atoms with Gasteiger partial charge in [-0.2, -0.15) is 0 Å². The van der Waals surface area contributed by atoms with E-state index in [-0.39, 0.29) is 17.6 Å². The highest BCUT2D eigenvalue weighted by atomic mass is 35.5. The summed E-state index contributed by atoms with van der Waals surface area (Å²) in [6.45, 7) is 0. The van der Waals surface area contributed by atoms with Crippen LogP contribution in [0.5, 0.6) is 5.75 Å². The van der Waals surface area contributed by atoms with E-state index in [0.29, 0.717) is 15.8 Å². The molecule has 1 aliphatic rings. The average molecular weight is 282 g/mol. The molecule has 16 heavy (non-hydrogen) atoms. The van der Waals surface area contributed by atoms with Gasteiger partial charge in [-0.3, -0.25) is 0 Å². The highest BCUT2D eigenvalue weighted by molar-refractivity contribution is 6.37. The van der Waals surface area contributed by atoms with Gasteiger partial charge in [-0.05, 0) is 12.1 Å². The van der Waals surface area contributed by atoms with Crippen molar-refractivity contribution in [3.63, 3.8) is 0 Å². The smallest absolute Gasteiger partial charge is 0.157 e. The molecule has 0 amide bonds. The summed E-state index contributed by atoms with van der Waals surface area (Å²) in [5, 5.41) is 0.997. The van der Waals surface area contributed by atoms with Crippen molar-refractivity contribution in [2.75, 3.05) is 7.11 Å². The minimum Gasteiger partial charge on any atom is -0.484 e. The quantitative estimate of drug-likeness (QED) is 0.785. The Morgan fingerprint density at radius 1 is 1.25 bits per heavy atom. The fourth-order valence-corrected chi connectivity index (χ4v) is 2.62. The molecule has 3 unspecified atom stereocenters. The predicted octanol–water partition coefficient (Wildman–Crippen LogP) is 3.77. The molecule has 1 aliphatic carbocycles. The van der Waals surface area contributed by atoms with Crippen LogP contribution < -0.4 is 4.74 Å². The van der Waals surface area contributed by atoms with Gasteiger partial charge in [-0.15, -0.1) is 11.6 Å². The molecular weight excluding hydrogens is 270 g/mol. The van der Waals surface area contributed by atoms with E-state index >= 15 is 0 Å². The molecule has 0 N–H and O–H groups in total. The van der Waals surface area contributed by atoms with Crippen LogP contribution in [0.2, 0.25) is 10.0 Å². The number of hydrogen-bond acceptors (Lipinski definition) is 2. The molecule has 3 atom stereocenters. The van der Waals surface area contributed by atoms with Crippen LogP contribution in [0, 0.1) is 0 Å². The highest BCUT2D eigenvalue weighted by Crippen LogP contribution is 2.38. The van der Waals surface area contributed by atoms with Gasteiger partial charge in [0.25, 0.3) is 0 Å². The van der Waals surface area contributed by atoms with Crippen molar-refractivity contribution in [1.29, 1.82) is 0 Å². The maximum absolute atomic E-state index is 6.00. The normalized spacial score (nSPS) is 28.6. The van der Waals surface area contributed by atoms with Gasteiger partial charge in [0.2, 0.25) is 0 Å². The molecule has 1 saturated carbocycles. The standard InChI is InChI=1S/C11H11Cl3O2/c1-15-11-8(14)5-9(11)16-10-6(12)3-2-4-7(10)13/h2-4,8-9,11H,5H2,1H3. The Kier molecular flexibility index (Phi) is 3.85. The molecule has 0 heterocycles. The van der Waals surface area contributed by atoms with E-state index in [1.165, 1.54) is 0 Å². The molecule has 0 radical (unpaired) electrons. The number of ether oxygens (including phenoxy) is 2. The number of para-hydroxylation sites is 1. The zero-order valence-corrected chi connectivity index (χ0v) is 10.9. The Bertz CT molecular complexity index is 363. The lowest BCUT2D eigenvalue weighted by Crippen LogP contribution is -2.52. The molecule has 2 rings (SSSR count). The second-order valence-corrected chi connectivity index (χ2v) is 5.03. The van der Waals surface area contributed by atoms with E-state index in [4.69, 9.17) is 44.3 Å². The summed E-state index contributed by atoms with van der Waals surface area (Å²) < 4.78 is 10.9. The lowest BCUT2D eigenvalue weighted by atomic mass is 9.91. The van der Waals surface area contributed by atoms with Gasteiger partial charge in [0.05, 0.1) is 15.4 Å². The number of halogens is 3. The second-order valence-electron chi connectivity index (χ2n) is 3.66. The van der Waals surface area contributed by atoms with E-state index < -0.39 is 0 Å². The Hall–Kier alpha value is -0.150. The third-order valence-corrected chi connectivity index (χ3v) is 3.66. The van der Waals surface area contributed by atoms with Gasteiger partial charge in [-0.1, -0.05) is 29.3 Å². The molecule has 0 aromatic heterocycles. The number of hydrogen-bond donors (Lipinski definition) is 0. The van der Waals surface area contributed by atoms with Crippen LogP contribution in [-0.2, 0) is 4.74 Å². The number of rotatable bonds is 3. The zero-order chi connectivity index (χ0) is 11.7. The van der Waals surface area contributed by atoms with Crippen molar-refractivity contribution in [3.8, 4) is 5.75 Å². The first-order valence-electron chi connectivity index (χ1n) is 4.91. The molecule has 0 bridgehead atoms. The summed E-state index contributed by atoms with van der Waals surface area (Å²) in [5.41, 5.74) is 0. The minimum atomic E-state index is -0.103. The second kappa shape index (κ2) is 5.01. The van der Waals surface area contributed by atoms with Gasteiger partial charge in [0.1, 0.15) is 12.2 Å². The van der Waals surface area contributed by atoms with Gasteiger partial charge >= 0.3 is 0 Å². The zero-order valence-electron chi connectivity index (χ0n) is 8.62. The highest BCUT2D eigenvalue weighted by Gasteiger charge is 2.42. The summed E-state index contributed by atoms with van der Waals surface area (Å²) in [6, 6.07) is 5.25. The number of methoxy groups -OCH3 is 1. The van der Waals surface area contributed by atoms with Crippen molar-refractivity contribution in [2.24, 2.45) is 0 Å². The van der Waals surface area contributed by atoms with Crippen LogP contribution in [-0.4, -0.2) is 24.7 Å². The van der Waals surface area contributed by atoms with Gasteiger partial charge in [0, 0.05) is 13.5 Å². The molecule has 1 fully saturated rings. The van der Waals surface area contributed by atoms with Gasteiger partial charge in [-0.25, -0.2) is 0 Å². The maximum Gasteiger partial charge on any atom is 0.157 e. The van der Waals surface area contributed by atoms with Gasteiger partial charge < -0.3 is 9.47 Å². The van der Waals surface area contributed by atoms with Crippen LogP contribution in [0.4, 0.5) is 0 Å². The molecule has 5 heteroatoms. The Balaban J connectivity index is 2.10. The van der Waals surface area contributed by atoms with Crippen LogP contribution >= 0.6 is 34.8 Å². The first-order valence-corrected chi connectivity index (χ1v) is 6.10. The van der Waals surface area contributed by atoms with Crippen LogP contribution in [0.1, 0.15) is 6.42 Å². The van der Waals surface area contributed by atoms with Crippen LogP contribution in [0.15, 0.2) is 18.2 Å². The van der Waals surface area contributed by atoms with Crippen molar-refractivity contribution in [2.45, 2.75) is 24.0 Å². The summed E-state index contributed by atoms with van der Waals surface area (Å²) in [5.74, 6) is 0.501. The summed E-state index contributed by atoms with van der Waals surface area (Å²) in [4.78, 5) is 0. The van der Waals surface area contributed by atoms with E-state index in [2.05, 4.69) is 0 Å². The van der Waals surface area contributed by atoms with E-state index in [1.54, 1.807) is 25.3 Å². The molecule has 1 aromatic carbocycles. The summed E-state index contributed by atoms with van der Waals surface area (Å²) >= 11 is 18.0. The summed E-state index contributed by atoms with van der Waals surface area (Å²) in [6.07, 6.45) is 0.556. The molecule has 0 saturated heterocycles. The maximum atomic E-state index is 6.00. The number of benzene rings is 1. The molecule has 0 aliphatic heterocycles. The SMILES string of the molecule is COC1C(Cl)CC1Oc1c(Cl)cccc1Cl. The largest absolute Gasteiger partial charge is 0.484 e. The molecule has 88 valence electrons. The van der Waals surface area contributed by atoms with Crippen molar-refractivity contribution in [1.82, 2.24) is 0 Å². The monoisotopic (exact) mass is 280 g/mol. The Labute approximate surface area is 109 Å². The molecule has 0 spiro atoms. The minimum absolute atomic E-state index is 0.00346. The van der Waals surface area contributed by atoms with Crippen LogP contribution in [0.25, 0.3) is 0 Å². The predicted molar refractivity (Wildman–Crippen MR) is 65.9 cm³/mol. The van der Waals surface area contributed by atoms with E-state index in [9.17, 15) is 0 Å². The summed E-state index contributed by atoms with van der Waals surface area (Å²) in [7, 11) is 1.61. The van der Waals surface area contributed by atoms with E-state index in [1.807, 2.05) is 0 Å². The Morgan fingerprint density at radius 2 is 1.88 bits per heavy atom. The third kappa shape index (κ3) is 2.25. The first-order chi connectivity index (χ1) is 7.63. The lowest BCUT2D eigenvalue weighted by Gasteiger charge is -2.39. The topological polar surface area (TPSA) is 18.5 Å². The molecule has 2 nitrogen and oxygen atoms in total. The fraction of sp³-hybridized carbons (Fsp3) is 0.455. The van der Waals surface area contributed by atoms with Crippen molar-refractivity contribution < 1.29 is 9.47 Å². The van der Waals surface area contributed by atoms with E-state index in [0.717, 1.165) is 6.42 Å². The first kappa shape index (κ1) is 12.3. The molecular formula is C11H11Cl3O2. The lowest BCUT2D eigenvalue weighted by molar-refractivity contribution is -0.0582. The molecule has 1 aromatic rings. The van der Waals surface area contributed by atoms with Crippen LogP contribution in [0.3, 0.4) is 0 Å². The number of alkyl halides is 1. The van der Waals surface area contributed by atoms with Crippen molar-refractivity contribution >= 4 is 34.8 Å². The fourth-order valence-electron chi connectivity index (χ4n) is 1.69.